The Morgan fingerprint density at radius 2 is 1.61 bits per heavy atom. The van der Waals surface area contributed by atoms with Gasteiger partial charge in [0.2, 0.25) is 5.91 Å². The van der Waals surface area contributed by atoms with Gasteiger partial charge >= 0.3 is 237 Å². The maximum absolute atomic E-state index is 13.4. The molecule has 0 bridgehead atoms. The van der Waals surface area contributed by atoms with E-state index < -0.39 is 35.1 Å². The minimum absolute atomic E-state index is 0.0193. The second kappa shape index (κ2) is 34.6. The zero-order valence-corrected chi connectivity index (χ0v) is 44.7. The fourth-order valence-corrected chi connectivity index (χ4v) is 8.19. The number of carbonyl (C=O) groups excluding carboxylic acids is 3. The number of anilines is 1. The number of amides is 3. The summed E-state index contributed by atoms with van der Waals surface area (Å²) >= 11 is -0.179. The van der Waals surface area contributed by atoms with Crippen LogP contribution in [0.1, 0.15) is 125 Å². The van der Waals surface area contributed by atoms with Gasteiger partial charge in [-0.1, -0.05) is 69.2 Å². The van der Waals surface area contributed by atoms with Gasteiger partial charge in [-0.05, 0) is 17.8 Å². The van der Waals surface area contributed by atoms with Gasteiger partial charge in [0, 0.05) is 18.4 Å². The first kappa shape index (κ1) is 63.4. The van der Waals surface area contributed by atoms with Crippen LogP contribution in [0.25, 0.3) is 0 Å². The molecule has 10 N–H and O–H groups in total. The van der Waals surface area contributed by atoms with E-state index in [1.54, 1.807) is 12.3 Å². The van der Waals surface area contributed by atoms with Crippen LogP contribution in [0.2, 0.25) is 5.71 Å². The van der Waals surface area contributed by atoms with Crippen LogP contribution in [0.4, 0.5) is 5.69 Å². The summed E-state index contributed by atoms with van der Waals surface area (Å²) in [5.74, 6) is 5.53. The fraction of sp³-hybridized carbons (Fsp3) is 0.750. The number of hydrogen-bond acceptors (Lipinski definition) is 14. The first-order chi connectivity index (χ1) is 31.6. The van der Waals surface area contributed by atoms with Gasteiger partial charge in [-0.2, -0.15) is 0 Å². The van der Waals surface area contributed by atoms with Crippen molar-refractivity contribution in [2.24, 2.45) is 28.3 Å². The summed E-state index contributed by atoms with van der Waals surface area (Å²) in [7, 11) is 0. The van der Waals surface area contributed by atoms with Crippen molar-refractivity contribution in [3.63, 3.8) is 0 Å². The SMILES string of the molecule is CC.CC.C[As]C(C/C(N)=C/N(N)CCN(CC(=O)NCC(C)(C)COCC(C)(C)CC(=O)O)C(=O)COCCOCCNC(=O)CCC(C)C)c1ccc(OC2OC(C)CCC2O)c(N)c1. The van der Waals surface area contributed by atoms with Crippen molar-refractivity contribution < 1.29 is 53.1 Å². The molecule has 1 aromatic rings. The van der Waals surface area contributed by atoms with E-state index in [1.807, 2.05) is 74.4 Å². The quantitative estimate of drug-likeness (QED) is 0.0173. The van der Waals surface area contributed by atoms with Crippen molar-refractivity contribution in [3.05, 3.63) is 35.7 Å². The molecule has 0 spiro atoms. The van der Waals surface area contributed by atoms with E-state index in [4.69, 9.17) is 46.1 Å². The number of nitrogen functional groups attached to an aromatic ring is 1. The molecule has 67 heavy (non-hydrogen) atoms. The standard InChI is InChI=1S/C44H77AsN7O11.2C2H6/c1-30(2)9-14-38(54)49-15-18-59-19-20-60-26-40(56)51(25-39(55)50-27-44(6,7)29-61-28-43(4,5)23-41(57)58)16-17-52(48)24-33(46)22-34(45-8)32-11-13-37(35(47)21-32)63-42-36(53)12-10-31(3)62-42;2*1-2/h11,13,21,24,30-31,34,36,42,53H,9-10,12,14-20,22-23,25-29,46-48H2,1-8H3,(H,49,54)(H,50,55)(H,57,58);2*1-2H3/b33-24-;;. The molecule has 1 radical (unpaired) electrons. The molecule has 2 rings (SSSR count). The van der Waals surface area contributed by atoms with Gasteiger partial charge in [-0.3, -0.25) is 9.59 Å². The van der Waals surface area contributed by atoms with E-state index >= 15 is 0 Å². The van der Waals surface area contributed by atoms with Crippen molar-refractivity contribution in [1.82, 2.24) is 20.5 Å². The number of aliphatic hydroxyl groups is 1. The van der Waals surface area contributed by atoms with Crippen molar-refractivity contribution in [1.29, 1.82) is 0 Å². The van der Waals surface area contributed by atoms with Crippen molar-refractivity contribution in [2.45, 2.75) is 144 Å². The molecule has 1 heterocycles. The van der Waals surface area contributed by atoms with E-state index in [2.05, 4.69) is 30.2 Å². The second-order valence-electron chi connectivity index (χ2n) is 18.2. The number of hydrogen-bond donors (Lipinski definition) is 7. The number of nitrogens with two attached hydrogens (primary N) is 3. The van der Waals surface area contributed by atoms with Gasteiger partial charge in [-0.15, -0.1) is 0 Å². The molecule has 18 nitrogen and oxygen atoms in total. The summed E-state index contributed by atoms with van der Waals surface area (Å²) in [6.07, 6.45) is 3.17. The van der Waals surface area contributed by atoms with Gasteiger partial charge in [0.15, 0.2) is 0 Å². The molecule has 4 unspecified atom stereocenters. The molecule has 1 fully saturated rings. The van der Waals surface area contributed by atoms with Gasteiger partial charge in [-0.25, -0.2) is 0 Å². The Hall–Kier alpha value is -3.64. The summed E-state index contributed by atoms with van der Waals surface area (Å²) in [5.41, 5.74) is 15.9. The number of ether oxygens (including phenoxy) is 5. The predicted molar refractivity (Wildman–Crippen MR) is 265 cm³/mol. The number of rotatable bonds is 31. The van der Waals surface area contributed by atoms with Crippen LogP contribution < -0.4 is 32.7 Å². The number of aliphatic hydroxyl groups excluding tert-OH is 1. The molecule has 1 saturated heterocycles. The van der Waals surface area contributed by atoms with Gasteiger partial charge in [0.1, 0.15) is 0 Å². The number of allylic oxidation sites excluding steroid dienone is 1. The Kier molecular flexibility index (Phi) is 32.7. The number of nitrogens with zero attached hydrogens (tertiary/aromatic N) is 2. The molecule has 387 valence electrons. The van der Waals surface area contributed by atoms with Crippen molar-refractivity contribution >= 4 is 45.1 Å². The summed E-state index contributed by atoms with van der Waals surface area (Å²) in [6, 6.07) is 5.59. The summed E-state index contributed by atoms with van der Waals surface area (Å²) < 4.78 is 28.8. The predicted octanol–water partition coefficient (Wildman–Crippen LogP) is 4.82. The third kappa shape index (κ3) is 29.1. The third-order valence-electron chi connectivity index (χ3n) is 10.1. The number of carboxylic acid groups (broad SMARTS) is 1. The summed E-state index contributed by atoms with van der Waals surface area (Å²) in [4.78, 5) is 51.1. The third-order valence-corrected chi connectivity index (χ3v) is 12.4. The molecule has 1 aromatic carbocycles. The average molecular weight is 1020 g/mol. The molecule has 0 saturated carbocycles. The van der Waals surface area contributed by atoms with Crippen LogP contribution in [-0.2, 0) is 38.1 Å². The fourth-order valence-electron chi connectivity index (χ4n) is 6.41. The zero-order valence-electron chi connectivity index (χ0n) is 42.9. The molecule has 0 aliphatic carbocycles. The monoisotopic (exact) mass is 1010 g/mol. The first-order valence-corrected chi connectivity index (χ1v) is 26.8. The summed E-state index contributed by atoms with van der Waals surface area (Å²) in [5, 5.41) is 26.6. The second-order valence-corrected chi connectivity index (χ2v) is 20.6. The topological polar surface area (TPSA) is 263 Å². The number of aliphatic carboxylic acids is 1. The van der Waals surface area contributed by atoms with Gasteiger partial charge in [0.25, 0.3) is 0 Å². The van der Waals surface area contributed by atoms with E-state index in [1.165, 1.54) is 9.91 Å². The van der Waals surface area contributed by atoms with Crippen molar-refractivity contribution in [3.8, 4) is 5.75 Å². The van der Waals surface area contributed by atoms with Crippen LogP contribution in [0.15, 0.2) is 30.1 Å². The average Bonchev–Trinajstić information content (AvgIpc) is 3.26. The number of nitrogens with one attached hydrogen (secondary N) is 2. The Morgan fingerprint density at radius 3 is 2.24 bits per heavy atom. The molecule has 1 aliphatic rings. The van der Waals surface area contributed by atoms with Gasteiger partial charge < -0.3 is 19.9 Å². The van der Waals surface area contributed by atoms with Crippen LogP contribution >= 0.6 is 0 Å². The van der Waals surface area contributed by atoms with Crippen LogP contribution in [0.5, 0.6) is 5.75 Å². The number of hydrazine groups is 1. The normalized spacial score (nSPS) is 16.9. The molecule has 1 aliphatic heterocycles. The van der Waals surface area contributed by atoms with E-state index in [0.717, 1.165) is 18.4 Å². The Balaban J connectivity index is 0.0000106. The molecule has 3 amide bonds. The Labute approximate surface area is 408 Å². The number of carboxylic acids is 1. The van der Waals surface area contributed by atoms with E-state index in [-0.39, 0.29) is 104 Å². The summed E-state index contributed by atoms with van der Waals surface area (Å²) in [6.45, 7) is 23.1. The molecular weight excluding hydrogens is 925 g/mol. The molecule has 4 atom stereocenters. The zero-order chi connectivity index (χ0) is 51.2. The van der Waals surface area contributed by atoms with Crippen LogP contribution in [0.3, 0.4) is 0 Å². The Bertz CT molecular complexity index is 1600. The number of carbonyl (C=O) groups is 4. The van der Waals surface area contributed by atoms with Crippen LogP contribution in [0, 0.1) is 16.7 Å². The molecular formula is C48H89AsN7O11. The van der Waals surface area contributed by atoms with Crippen molar-refractivity contribution in [2.75, 3.05) is 78.1 Å². The maximum atomic E-state index is 13.4. The minimum atomic E-state index is -0.899. The van der Waals surface area contributed by atoms with E-state index in [0.29, 0.717) is 55.5 Å². The van der Waals surface area contributed by atoms with Gasteiger partial charge in [0.05, 0.1) is 32.8 Å². The number of benzene rings is 1. The Morgan fingerprint density at radius 1 is 0.955 bits per heavy atom. The van der Waals surface area contributed by atoms with E-state index in [9.17, 15) is 24.3 Å². The molecule has 19 heteroatoms. The van der Waals surface area contributed by atoms with Crippen LogP contribution in [-0.4, -0.2) is 150 Å². The first-order valence-electron chi connectivity index (χ1n) is 23.8. The molecule has 0 aromatic heterocycles.